The van der Waals surface area contributed by atoms with Crippen molar-refractivity contribution in [1.29, 1.82) is 0 Å². The summed E-state index contributed by atoms with van der Waals surface area (Å²) in [6, 6.07) is 7.10. The lowest BCUT2D eigenvalue weighted by Gasteiger charge is -2.18. The van der Waals surface area contributed by atoms with Crippen LogP contribution >= 0.6 is 23.2 Å². The van der Waals surface area contributed by atoms with Crippen LogP contribution in [0.4, 0.5) is 4.39 Å². The molecule has 0 amide bonds. The van der Waals surface area contributed by atoms with Crippen LogP contribution in [0.25, 0.3) is 0 Å². The second-order valence-electron chi connectivity index (χ2n) is 4.27. The van der Waals surface area contributed by atoms with Crippen LogP contribution in [0.1, 0.15) is 17.2 Å². The highest BCUT2D eigenvalue weighted by molar-refractivity contribution is 6.33. The molecule has 2 aromatic carbocycles. The Hall–Kier alpha value is -1.49. The molecule has 1 N–H and O–H groups in total. The molecule has 1 atom stereocenters. The van der Waals surface area contributed by atoms with E-state index in [4.69, 9.17) is 32.7 Å². The molecule has 0 saturated heterocycles. The van der Waals surface area contributed by atoms with Crippen LogP contribution in [0.15, 0.2) is 30.3 Å². The number of hydrogen-bond donors (Lipinski definition) is 1. The van der Waals surface area contributed by atoms with Crippen LogP contribution in [0.5, 0.6) is 11.5 Å². The summed E-state index contributed by atoms with van der Waals surface area (Å²) in [4.78, 5) is 0. The molecular formula is C15H13Cl2FO3. The quantitative estimate of drug-likeness (QED) is 0.911. The van der Waals surface area contributed by atoms with E-state index in [1.807, 2.05) is 0 Å². The van der Waals surface area contributed by atoms with Gasteiger partial charge in [-0.2, -0.15) is 0 Å². The summed E-state index contributed by atoms with van der Waals surface area (Å²) in [5, 5.41) is 10.9. The molecule has 0 fully saturated rings. The smallest absolute Gasteiger partial charge is 0.147 e. The van der Waals surface area contributed by atoms with Crippen molar-refractivity contribution in [3.8, 4) is 11.5 Å². The molecule has 2 aromatic rings. The summed E-state index contributed by atoms with van der Waals surface area (Å²) in [7, 11) is 2.87. The first-order valence-corrected chi connectivity index (χ1v) is 6.78. The van der Waals surface area contributed by atoms with Crippen molar-refractivity contribution in [3.05, 3.63) is 57.3 Å². The van der Waals surface area contributed by atoms with Gasteiger partial charge in [0.2, 0.25) is 0 Å². The average Bonchev–Trinajstić information content (AvgIpc) is 2.48. The molecular weight excluding hydrogens is 318 g/mol. The molecule has 112 valence electrons. The molecule has 6 heteroatoms. The minimum atomic E-state index is -1.26. The van der Waals surface area contributed by atoms with Gasteiger partial charge in [-0.05, 0) is 30.3 Å². The molecule has 1 unspecified atom stereocenters. The van der Waals surface area contributed by atoms with E-state index >= 15 is 0 Å². The predicted octanol–water partition coefficient (Wildman–Crippen LogP) is 4.23. The summed E-state index contributed by atoms with van der Waals surface area (Å²) in [5.74, 6) is 0.0554. The summed E-state index contributed by atoms with van der Waals surface area (Å²) < 4.78 is 24.2. The Morgan fingerprint density at radius 1 is 1.05 bits per heavy atom. The molecule has 0 aliphatic rings. The second kappa shape index (κ2) is 6.52. The number of ether oxygens (including phenoxy) is 2. The van der Waals surface area contributed by atoms with Crippen LogP contribution in [-0.4, -0.2) is 19.3 Å². The van der Waals surface area contributed by atoms with Gasteiger partial charge in [0.1, 0.15) is 28.4 Å². The van der Waals surface area contributed by atoms with Gasteiger partial charge >= 0.3 is 0 Å². The molecule has 0 aromatic heterocycles. The van der Waals surface area contributed by atoms with E-state index in [1.54, 1.807) is 12.1 Å². The Balaban J connectivity index is 2.55. The normalized spacial score (nSPS) is 12.1. The number of aliphatic hydroxyl groups excluding tert-OH is 1. The van der Waals surface area contributed by atoms with E-state index < -0.39 is 11.9 Å². The van der Waals surface area contributed by atoms with E-state index in [9.17, 15) is 9.50 Å². The maximum atomic E-state index is 13.9. The average molecular weight is 331 g/mol. The van der Waals surface area contributed by atoms with E-state index in [2.05, 4.69) is 0 Å². The van der Waals surface area contributed by atoms with Crippen LogP contribution in [0, 0.1) is 5.82 Å². The van der Waals surface area contributed by atoms with Gasteiger partial charge in [-0.1, -0.05) is 23.2 Å². The maximum Gasteiger partial charge on any atom is 0.147 e. The van der Waals surface area contributed by atoms with Gasteiger partial charge in [-0.15, -0.1) is 0 Å². The van der Waals surface area contributed by atoms with E-state index in [1.165, 1.54) is 32.4 Å². The van der Waals surface area contributed by atoms with Crippen molar-refractivity contribution in [1.82, 2.24) is 0 Å². The molecule has 0 heterocycles. The van der Waals surface area contributed by atoms with Crippen molar-refractivity contribution in [2.45, 2.75) is 6.10 Å². The molecule has 0 bridgehead atoms. The van der Waals surface area contributed by atoms with Crippen LogP contribution in [-0.2, 0) is 0 Å². The number of methoxy groups -OCH3 is 2. The fourth-order valence-electron chi connectivity index (χ4n) is 2.03. The zero-order chi connectivity index (χ0) is 15.6. The first kappa shape index (κ1) is 15.9. The first-order valence-electron chi connectivity index (χ1n) is 6.03. The molecule has 21 heavy (non-hydrogen) atoms. The van der Waals surface area contributed by atoms with Crippen LogP contribution in [0.3, 0.4) is 0 Å². The Kier molecular flexibility index (Phi) is 4.93. The lowest BCUT2D eigenvalue weighted by atomic mass is 10.00. The third-order valence-corrected chi connectivity index (χ3v) is 3.66. The first-order chi connectivity index (χ1) is 9.99. The lowest BCUT2D eigenvalue weighted by molar-refractivity contribution is 0.209. The number of aliphatic hydroxyl groups is 1. The Labute approximate surface area is 131 Å². The van der Waals surface area contributed by atoms with Gasteiger partial charge in [-0.25, -0.2) is 4.39 Å². The predicted molar refractivity (Wildman–Crippen MR) is 80.0 cm³/mol. The molecule has 3 nitrogen and oxygen atoms in total. The van der Waals surface area contributed by atoms with Gasteiger partial charge in [-0.3, -0.25) is 0 Å². The fraction of sp³-hybridized carbons (Fsp3) is 0.200. The van der Waals surface area contributed by atoms with Gasteiger partial charge < -0.3 is 14.6 Å². The lowest BCUT2D eigenvalue weighted by Crippen LogP contribution is -2.05. The summed E-state index contributed by atoms with van der Waals surface area (Å²) in [5.41, 5.74) is 0.367. The summed E-state index contributed by atoms with van der Waals surface area (Å²) in [6.07, 6.45) is -1.26. The van der Waals surface area contributed by atoms with Crippen LogP contribution in [0.2, 0.25) is 10.0 Å². The van der Waals surface area contributed by atoms with Crippen molar-refractivity contribution >= 4 is 23.2 Å². The fourth-order valence-corrected chi connectivity index (χ4v) is 2.53. The zero-order valence-corrected chi connectivity index (χ0v) is 12.9. The highest BCUT2D eigenvalue weighted by atomic mass is 35.5. The highest BCUT2D eigenvalue weighted by Crippen LogP contribution is 2.41. The SMILES string of the molecule is COc1ccc(C(O)c2cc(Cl)ccc2F)c(OC)c1Cl. The van der Waals surface area contributed by atoms with Crippen LogP contribution < -0.4 is 9.47 Å². The van der Waals surface area contributed by atoms with Crippen molar-refractivity contribution in [2.75, 3.05) is 14.2 Å². The molecule has 0 saturated carbocycles. The zero-order valence-electron chi connectivity index (χ0n) is 11.4. The molecule has 2 rings (SSSR count). The van der Waals surface area contributed by atoms with Crippen molar-refractivity contribution < 1.29 is 19.0 Å². The third-order valence-electron chi connectivity index (χ3n) is 3.06. The van der Waals surface area contributed by atoms with Crippen molar-refractivity contribution in [2.24, 2.45) is 0 Å². The Bertz CT molecular complexity index is 662. The number of hydrogen-bond acceptors (Lipinski definition) is 3. The summed E-state index contributed by atoms with van der Waals surface area (Å²) in [6.45, 7) is 0. The van der Waals surface area contributed by atoms with Gasteiger partial charge in [0.15, 0.2) is 0 Å². The van der Waals surface area contributed by atoms with Gasteiger partial charge in [0, 0.05) is 16.1 Å². The van der Waals surface area contributed by atoms with E-state index in [-0.39, 0.29) is 16.3 Å². The number of halogens is 3. The number of benzene rings is 2. The third kappa shape index (κ3) is 3.07. The molecule has 0 spiro atoms. The second-order valence-corrected chi connectivity index (χ2v) is 5.09. The van der Waals surface area contributed by atoms with Gasteiger partial charge in [0.05, 0.1) is 14.2 Å². The molecule has 0 aliphatic heterocycles. The highest BCUT2D eigenvalue weighted by Gasteiger charge is 2.22. The van der Waals surface area contributed by atoms with Gasteiger partial charge in [0.25, 0.3) is 0 Å². The monoisotopic (exact) mass is 330 g/mol. The minimum absolute atomic E-state index is 0.0435. The molecule has 0 aliphatic carbocycles. The standard InChI is InChI=1S/C15H13Cl2FO3/c1-20-12-6-4-9(15(21-2)13(12)17)14(19)10-7-8(16)3-5-11(10)18/h3-7,14,19H,1-2H3. The molecule has 0 radical (unpaired) electrons. The topological polar surface area (TPSA) is 38.7 Å². The number of rotatable bonds is 4. The minimum Gasteiger partial charge on any atom is -0.495 e. The van der Waals surface area contributed by atoms with E-state index in [0.29, 0.717) is 16.3 Å². The Morgan fingerprint density at radius 3 is 2.38 bits per heavy atom. The van der Waals surface area contributed by atoms with E-state index in [0.717, 1.165) is 0 Å². The Morgan fingerprint density at radius 2 is 1.76 bits per heavy atom. The maximum absolute atomic E-state index is 13.9. The van der Waals surface area contributed by atoms with Crippen molar-refractivity contribution in [3.63, 3.8) is 0 Å². The summed E-state index contributed by atoms with van der Waals surface area (Å²) >= 11 is 12.0. The largest absolute Gasteiger partial charge is 0.495 e.